The molecule has 100 valence electrons. The average Bonchev–Trinajstić information content (AvgIpc) is 2.38. The number of nitrogens with one attached hydrogen (secondary N) is 1. The summed E-state index contributed by atoms with van der Waals surface area (Å²) in [5.74, 6) is -0.454. The van der Waals surface area contributed by atoms with Gasteiger partial charge in [0.1, 0.15) is 0 Å². The zero-order valence-electron chi connectivity index (χ0n) is 10.8. The van der Waals surface area contributed by atoms with Crippen LogP contribution in [-0.2, 0) is 15.6 Å². The van der Waals surface area contributed by atoms with Crippen molar-refractivity contribution in [1.82, 2.24) is 5.32 Å². The van der Waals surface area contributed by atoms with Gasteiger partial charge in [-0.25, -0.2) is 0 Å². The molecular weight excluding hydrogens is 248 g/mol. The van der Waals surface area contributed by atoms with Gasteiger partial charge in [0, 0.05) is 35.4 Å². The van der Waals surface area contributed by atoms with E-state index < -0.39 is 10.8 Å². The van der Waals surface area contributed by atoms with Gasteiger partial charge >= 0.3 is 0 Å². The molecule has 18 heavy (non-hydrogen) atoms. The van der Waals surface area contributed by atoms with Gasteiger partial charge in [0.05, 0.1) is 5.92 Å². The van der Waals surface area contributed by atoms with Crippen LogP contribution in [0.1, 0.15) is 18.4 Å². The maximum Gasteiger partial charge on any atom is 0.228 e. The summed E-state index contributed by atoms with van der Waals surface area (Å²) in [6.07, 6.45) is 1.63. The number of carbonyl (C=O) groups is 1. The van der Waals surface area contributed by atoms with Gasteiger partial charge in [-0.1, -0.05) is 30.3 Å². The van der Waals surface area contributed by atoms with Crippen LogP contribution in [0.4, 0.5) is 0 Å². The van der Waals surface area contributed by atoms with Crippen LogP contribution < -0.4 is 11.1 Å². The third-order valence-electron chi connectivity index (χ3n) is 2.88. The third-order valence-corrected chi connectivity index (χ3v) is 4.18. The molecule has 5 heteroatoms. The molecule has 4 nitrogen and oxygen atoms in total. The smallest absolute Gasteiger partial charge is 0.228 e. The molecule has 1 aromatic rings. The van der Waals surface area contributed by atoms with Crippen molar-refractivity contribution in [2.75, 3.05) is 19.3 Å². The zero-order chi connectivity index (χ0) is 13.5. The number of hydrogen-bond acceptors (Lipinski definition) is 3. The van der Waals surface area contributed by atoms with Crippen LogP contribution in [0.2, 0.25) is 0 Å². The molecule has 0 bridgehead atoms. The van der Waals surface area contributed by atoms with Crippen molar-refractivity contribution in [2.24, 2.45) is 5.73 Å². The lowest BCUT2D eigenvalue weighted by Crippen LogP contribution is -2.38. The van der Waals surface area contributed by atoms with Crippen LogP contribution in [0.5, 0.6) is 0 Å². The Hall–Kier alpha value is -1.20. The quantitative estimate of drug-likeness (QED) is 0.794. The Morgan fingerprint density at radius 3 is 2.50 bits per heavy atom. The van der Waals surface area contributed by atoms with Crippen molar-refractivity contribution in [3.63, 3.8) is 0 Å². The maximum atomic E-state index is 12.0. The molecule has 0 fully saturated rings. The highest BCUT2D eigenvalue weighted by Crippen LogP contribution is 2.14. The van der Waals surface area contributed by atoms with E-state index in [1.807, 2.05) is 37.3 Å². The molecule has 1 aromatic carbocycles. The summed E-state index contributed by atoms with van der Waals surface area (Å²) in [7, 11) is -0.932. The second-order valence-corrected chi connectivity index (χ2v) is 6.06. The van der Waals surface area contributed by atoms with Gasteiger partial charge in [0.2, 0.25) is 5.91 Å². The molecule has 0 radical (unpaired) electrons. The Kier molecular flexibility index (Phi) is 6.01. The molecular formula is C13H20N2O2S. The number of rotatable bonds is 6. The normalized spacial score (nSPS) is 15.7. The zero-order valence-corrected chi connectivity index (χ0v) is 11.6. The van der Waals surface area contributed by atoms with Gasteiger partial charge in [0.15, 0.2) is 0 Å². The van der Waals surface area contributed by atoms with E-state index in [2.05, 4.69) is 5.32 Å². The lowest BCUT2D eigenvalue weighted by molar-refractivity contribution is -0.122. The first-order valence-corrected chi connectivity index (χ1v) is 7.53. The van der Waals surface area contributed by atoms with Crippen LogP contribution >= 0.6 is 0 Å². The fourth-order valence-electron chi connectivity index (χ4n) is 1.56. The third kappa shape index (κ3) is 4.23. The lowest BCUT2D eigenvalue weighted by Gasteiger charge is -2.16. The minimum Gasteiger partial charge on any atom is -0.354 e. The van der Waals surface area contributed by atoms with Gasteiger partial charge in [-0.05, 0) is 12.5 Å². The number of carbonyl (C=O) groups excluding carboxylic acids is 1. The summed E-state index contributed by atoms with van der Waals surface area (Å²) in [6.45, 7) is 2.51. The van der Waals surface area contributed by atoms with E-state index >= 15 is 0 Å². The monoisotopic (exact) mass is 268 g/mol. The molecule has 0 spiro atoms. The Morgan fingerprint density at radius 1 is 1.39 bits per heavy atom. The first-order chi connectivity index (χ1) is 8.56. The molecule has 0 aliphatic rings. The highest BCUT2D eigenvalue weighted by Gasteiger charge is 2.19. The molecule has 0 aliphatic carbocycles. The van der Waals surface area contributed by atoms with Crippen molar-refractivity contribution < 1.29 is 9.00 Å². The Morgan fingerprint density at radius 2 is 2.00 bits per heavy atom. The molecule has 1 amide bonds. The van der Waals surface area contributed by atoms with E-state index in [4.69, 9.17) is 5.73 Å². The summed E-state index contributed by atoms with van der Waals surface area (Å²) >= 11 is 0. The summed E-state index contributed by atoms with van der Waals surface area (Å²) in [5, 5.41) is 2.75. The predicted molar refractivity (Wildman–Crippen MR) is 74.8 cm³/mol. The highest BCUT2D eigenvalue weighted by molar-refractivity contribution is 7.84. The van der Waals surface area contributed by atoms with Gasteiger partial charge < -0.3 is 11.1 Å². The van der Waals surface area contributed by atoms with E-state index in [0.717, 1.165) is 5.56 Å². The molecule has 3 atom stereocenters. The first kappa shape index (κ1) is 14.9. The number of benzene rings is 1. The van der Waals surface area contributed by atoms with Crippen molar-refractivity contribution in [3.8, 4) is 0 Å². The number of hydrogen-bond donors (Lipinski definition) is 2. The van der Waals surface area contributed by atoms with Gasteiger partial charge in [-0.3, -0.25) is 9.00 Å². The summed E-state index contributed by atoms with van der Waals surface area (Å²) < 4.78 is 11.2. The van der Waals surface area contributed by atoms with E-state index in [1.165, 1.54) is 0 Å². The van der Waals surface area contributed by atoms with Gasteiger partial charge in [-0.15, -0.1) is 0 Å². The number of nitrogens with two attached hydrogens (primary N) is 1. The van der Waals surface area contributed by atoms with E-state index in [0.29, 0.717) is 6.54 Å². The minimum absolute atomic E-state index is 0.0526. The number of amides is 1. The standard InChI is InChI=1S/C13H20N2O2S/c1-10(18(2)17)9-15-13(16)12(8-14)11-6-4-3-5-7-11/h3-7,10,12H,8-9,14H2,1-2H3,(H,15,16). The Labute approximate surface area is 110 Å². The second-order valence-electron chi connectivity index (χ2n) is 4.25. The summed E-state index contributed by atoms with van der Waals surface area (Å²) in [4.78, 5) is 12.0. The van der Waals surface area contributed by atoms with Crippen molar-refractivity contribution in [2.45, 2.75) is 18.1 Å². The van der Waals surface area contributed by atoms with E-state index in [1.54, 1.807) is 6.26 Å². The van der Waals surface area contributed by atoms with Crippen molar-refractivity contribution >= 4 is 16.7 Å². The van der Waals surface area contributed by atoms with Crippen molar-refractivity contribution in [1.29, 1.82) is 0 Å². The minimum atomic E-state index is -0.932. The maximum absolute atomic E-state index is 12.0. The van der Waals surface area contributed by atoms with Crippen LogP contribution in [0, 0.1) is 0 Å². The molecule has 3 N–H and O–H groups in total. The molecule has 0 saturated heterocycles. The van der Waals surface area contributed by atoms with Gasteiger partial charge in [-0.2, -0.15) is 0 Å². The first-order valence-electron chi connectivity index (χ1n) is 5.91. The Balaban J connectivity index is 2.61. The van der Waals surface area contributed by atoms with Gasteiger partial charge in [0.25, 0.3) is 0 Å². The molecule has 1 rings (SSSR count). The van der Waals surface area contributed by atoms with E-state index in [9.17, 15) is 9.00 Å². The SMILES string of the molecule is CC(CNC(=O)C(CN)c1ccccc1)S(C)=O. The van der Waals surface area contributed by atoms with Crippen LogP contribution in [0.15, 0.2) is 30.3 Å². The fraction of sp³-hybridized carbons (Fsp3) is 0.462. The summed E-state index contributed by atoms with van der Waals surface area (Å²) in [6, 6.07) is 9.44. The second kappa shape index (κ2) is 7.28. The topological polar surface area (TPSA) is 72.2 Å². The van der Waals surface area contributed by atoms with Crippen LogP contribution in [0.3, 0.4) is 0 Å². The van der Waals surface area contributed by atoms with Crippen LogP contribution in [0.25, 0.3) is 0 Å². The Bertz CT molecular complexity index is 409. The largest absolute Gasteiger partial charge is 0.354 e. The average molecular weight is 268 g/mol. The predicted octanol–water partition coefficient (Wildman–Crippen LogP) is 0.612. The molecule has 3 unspecified atom stereocenters. The molecule has 0 saturated carbocycles. The molecule has 0 aliphatic heterocycles. The fourth-order valence-corrected chi connectivity index (χ4v) is 1.88. The molecule has 0 aromatic heterocycles. The summed E-state index contributed by atoms with van der Waals surface area (Å²) in [5.41, 5.74) is 6.56. The molecule has 0 heterocycles. The highest BCUT2D eigenvalue weighted by atomic mass is 32.2. The lowest BCUT2D eigenvalue weighted by atomic mass is 9.98. The van der Waals surface area contributed by atoms with Crippen LogP contribution in [-0.4, -0.2) is 34.7 Å². The van der Waals surface area contributed by atoms with E-state index in [-0.39, 0.29) is 23.6 Å². The van der Waals surface area contributed by atoms with Crippen molar-refractivity contribution in [3.05, 3.63) is 35.9 Å².